The minimum atomic E-state index is 0.629. The van der Waals surface area contributed by atoms with Crippen LogP contribution in [0, 0.1) is 0 Å². The molecule has 33 heavy (non-hydrogen) atoms. The largest absolute Gasteiger partial charge is 0.382 e. The Kier molecular flexibility index (Phi) is 5.29. The third kappa shape index (κ3) is 4.10. The Morgan fingerprint density at radius 3 is 2.73 bits per heavy atom. The van der Waals surface area contributed by atoms with Crippen LogP contribution in [0.2, 0.25) is 0 Å². The summed E-state index contributed by atoms with van der Waals surface area (Å²) in [7, 11) is 0. The van der Waals surface area contributed by atoms with Gasteiger partial charge in [0.1, 0.15) is 0 Å². The molecule has 2 N–H and O–H groups in total. The van der Waals surface area contributed by atoms with E-state index in [9.17, 15) is 0 Å². The number of hydrogen-bond donors (Lipinski definition) is 2. The molecule has 0 bridgehead atoms. The van der Waals surface area contributed by atoms with Gasteiger partial charge in [0.25, 0.3) is 0 Å². The number of anilines is 4. The molecule has 2 aliphatic rings. The average Bonchev–Trinajstić information content (AvgIpc) is 3.22. The molecule has 0 spiro atoms. The van der Waals surface area contributed by atoms with Crippen molar-refractivity contribution in [3.8, 4) is 11.3 Å². The summed E-state index contributed by atoms with van der Waals surface area (Å²) in [5, 5.41) is 6.93. The topological polar surface area (TPSA) is 76.0 Å². The fraction of sp³-hybridized carbons (Fsp3) is 0.280. The average molecular weight is 443 g/mol. The minimum absolute atomic E-state index is 0.629. The van der Waals surface area contributed by atoms with Gasteiger partial charge in [0, 0.05) is 66.4 Å². The molecule has 0 radical (unpaired) electrons. The molecule has 168 valence electrons. The molecule has 2 aromatic carbocycles. The van der Waals surface area contributed by atoms with Gasteiger partial charge in [0.2, 0.25) is 0 Å². The van der Waals surface area contributed by atoms with E-state index in [1.165, 1.54) is 11.3 Å². The maximum atomic E-state index is 5.64. The Morgan fingerprint density at radius 1 is 0.970 bits per heavy atom. The quantitative estimate of drug-likeness (QED) is 0.496. The van der Waals surface area contributed by atoms with Crippen molar-refractivity contribution < 1.29 is 9.47 Å². The lowest BCUT2D eigenvalue weighted by atomic mass is 10.1. The third-order valence-corrected chi connectivity index (χ3v) is 6.11. The first-order valence-electron chi connectivity index (χ1n) is 11.3. The Morgan fingerprint density at radius 2 is 1.85 bits per heavy atom. The van der Waals surface area contributed by atoms with Gasteiger partial charge >= 0.3 is 0 Å². The van der Waals surface area contributed by atoms with E-state index in [0.29, 0.717) is 13.2 Å². The summed E-state index contributed by atoms with van der Waals surface area (Å²) in [5.41, 5.74) is 7.16. The molecule has 4 aromatic rings. The number of rotatable bonds is 4. The summed E-state index contributed by atoms with van der Waals surface area (Å²) in [6.45, 7) is 5.54. The molecule has 1 saturated heterocycles. The van der Waals surface area contributed by atoms with Crippen molar-refractivity contribution in [2.45, 2.75) is 6.61 Å². The van der Waals surface area contributed by atoms with Gasteiger partial charge in [-0.15, -0.1) is 0 Å². The van der Waals surface area contributed by atoms with E-state index in [0.717, 1.165) is 66.9 Å². The summed E-state index contributed by atoms with van der Waals surface area (Å²) in [4.78, 5) is 11.8. The summed E-state index contributed by atoms with van der Waals surface area (Å²) in [6.07, 6.45) is 5.76. The SMILES string of the molecule is c1cn2cc(-c3ccc4c(c3)NCCOC4)nc(Nc3ccc(N4CCOCC4)cc3)c2n1. The molecule has 0 saturated carbocycles. The lowest BCUT2D eigenvalue weighted by Gasteiger charge is -2.28. The van der Waals surface area contributed by atoms with Gasteiger partial charge in [0.05, 0.1) is 32.1 Å². The second-order valence-corrected chi connectivity index (χ2v) is 8.26. The van der Waals surface area contributed by atoms with Crippen LogP contribution in [-0.2, 0) is 16.1 Å². The molecular weight excluding hydrogens is 416 g/mol. The number of hydrogen-bond acceptors (Lipinski definition) is 7. The van der Waals surface area contributed by atoms with Crippen LogP contribution in [-0.4, -0.2) is 53.8 Å². The van der Waals surface area contributed by atoms with Crippen molar-refractivity contribution >= 4 is 28.5 Å². The summed E-state index contributed by atoms with van der Waals surface area (Å²) in [5.74, 6) is 0.725. The van der Waals surface area contributed by atoms with E-state index in [-0.39, 0.29) is 0 Å². The highest BCUT2D eigenvalue weighted by atomic mass is 16.5. The van der Waals surface area contributed by atoms with Crippen LogP contribution in [0.4, 0.5) is 22.9 Å². The Labute approximate surface area is 192 Å². The van der Waals surface area contributed by atoms with E-state index in [1.54, 1.807) is 6.20 Å². The molecule has 2 aromatic heterocycles. The standard InChI is InChI=1S/C25H26N6O2/c1-2-19-17-33-12-8-26-22(19)15-18(1)23-16-31-9-7-27-25(31)24(29-23)28-20-3-5-21(6-4-20)30-10-13-32-14-11-30/h1-7,9,15-16,26H,8,10-14,17H2,(H,28,29). The lowest BCUT2D eigenvalue weighted by molar-refractivity contribution is 0.122. The Balaban J connectivity index is 1.31. The third-order valence-electron chi connectivity index (χ3n) is 6.11. The zero-order valence-electron chi connectivity index (χ0n) is 18.3. The minimum Gasteiger partial charge on any atom is -0.382 e. The van der Waals surface area contributed by atoms with E-state index in [1.807, 2.05) is 16.8 Å². The van der Waals surface area contributed by atoms with Gasteiger partial charge in [0.15, 0.2) is 11.5 Å². The van der Waals surface area contributed by atoms with Crippen LogP contribution in [0.1, 0.15) is 5.56 Å². The van der Waals surface area contributed by atoms with E-state index in [2.05, 4.69) is 63.0 Å². The Hall–Kier alpha value is -3.62. The normalized spacial score (nSPS) is 16.2. The van der Waals surface area contributed by atoms with E-state index in [4.69, 9.17) is 14.5 Å². The molecule has 0 aliphatic carbocycles. The molecule has 4 heterocycles. The van der Waals surface area contributed by atoms with Crippen LogP contribution in [0.5, 0.6) is 0 Å². The van der Waals surface area contributed by atoms with Crippen LogP contribution in [0.25, 0.3) is 16.9 Å². The van der Waals surface area contributed by atoms with Crippen molar-refractivity contribution in [1.82, 2.24) is 14.4 Å². The first-order valence-corrected chi connectivity index (χ1v) is 11.3. The van der Waals surface area contributed by atoms with Crippen molar-refractivity contribution in [1.29, 1.82) is 0 Å². The monoisotopic (exact) mass is 442 g/mol. The molecule has 0 amide bonds. The molecule has 2 aliphatic heterocycles. The van der Waals surface area contributed by atoms with Crippen molar-refractivity contribution in [2.75, 3.05) is 55.0 Å². The van der Waals surface area contributed by atoms with Gasteiger partial charge in [-0.2, -0.15) is 0 Å². The van der Waals surface area contributed by atoms with E-state index >= 15 is 0 Å². The van der Waals surface area contributed by atoms with Gasteiger partial charge in [-0.05, 0) is 30.3 Å². The molecular formula is C25H26N6O2. The number of ether oxygens (including phenoxy) is 2. The van der Waals surface area contributed by atoms with Crippen molar-refractivity contribution in [3.05, 3.63) is 66.6 Å². The van der Waals surface area contributed by atoms with Crippen LogP contribution >= 0.6 is 0 Å². The van der Waals surface area contributed by atoms with Gasteiger partial charge in [-0.25, -0.2) is 9.97 Å². The zero-order valence-corrected chi connectivity index (χ0v) is 18.3. The lowest BCUT2D eigenvalue weighted by Crippen LogP contribution is -2.36. The molecule has 8 heteroatoms. The fourth-order valence-corrected chi connectivity index (χ4v) is 4.33. The second-order valence-electron chi connectivity index (χ2n) is 8.26. The number of benzene rings is 2. The second kappa shape index (κ2) is 8.73. The van der Waals surface area contributed by atoms with Crippen molar-refractivity contribution in [3.63, 3.8) is 0 Å². The predicted octanol–water partition coefficient (Wildman–Crippen LogP) is 3.92. The molecule has 1 fully saturated rings. The fourth-order valence-electron chi connectivity index (χ4n) is 4.33. The zero-order chi connectivity index (χ0) is 22.0. The van der Waals surface area contributed by atoms with E-state index < -0.39 is 0 Å². The molecule has 8 nitrogen and oxygen atoms in total. The number of nitrogens with one attached hydrogen (secondary N) is 2. The maximum Gasteiger partial charge on any atom is 0.180 e. The van der Waals surface area contributed by atoms with Gasteiger partial charge in [-0.3, -0.25) is 0 Å². The molecule has 6 rings (SSSR count). The number of aromatic nitrogens is 3. The van der Waals surface area contributed by atoms with Gasteiger partial charge in [-0.1, -0.05) is 12.1 Å². The smallest absolute Gasteiger partial charge is 0.180 e. The number of morpholine rings is 1. The highest BCUT2D eigenvalue weighted by Gasteiger charge is 2.14. The predicted molar refractivity (Wildman–Crippen MR) is 129 cm³/mol. The number of fused-ring (bicyclic) bond motifs is 2. The highest BCUT2D eigenvalue weighted by molar-refractivity contribution is 5.75. The first-order chi connectivity index (χ1) is 16.3. The molecule has 0 atom stereocenters. The van der Waals surface area contributed by atoms with Crippen LogP contribution < -0.4 is 15.5 Å². The summed E-state index contributed by atoms with van der Waals surface area (Å²) in [6, 6.07) is 14.8. The maximum absolute atomic E-state index is 5.64. The van der Waals surface area contributed by atoms with Crippen LogP contribution in [0.3, 0.4) is 0 Å². The molecule has 0 unspecified atom stereocenters. The van der Waals surface area contributed by atoms with Crippen LogP contribution in [0.15, 0.2) is 61.1 Å². The highest BCUT2D eigenvalue weighted by Crippen LogP contribution is 2.29. The first kappa shape index (κ1) is 20.0. The summed E-state index contributed by atoms with van der Waals surface area (Å²) < 4.78 is 13.1. The number of imidazole rings is 1. The number of nitrogens with zero attached hydrogens (tertiary/aromatic N) is 4. The van der Waals surface area contributed by atoms with Gasteiger partial charge < -0.3 is 29.4 Å². The summed E-state index contributed by atoms with van der Waals surface area (Å²) >= 11 is 0. The van der Waals surface area contributed by atoms with Crippen molar-refractivity contribution in [2.24, 2.45) is 0 Å². The Bertz CT molecular complexity index is 1260.